The second kappa shape index (κ2) is 9.85. The maximum Gasteiger partial charge on any atom is 0.251 e. The van der Waals surface area contributed by atoms with E-state index in [-0.39, 0.29) is 5.91 Å². The van der Waals surface area contributed by atoms with Crippen molar-refractivity contribution >= 4 is 15.9 Å². The first-order valence-electron chi connectivity index (χ1n) is 10.1. The van der Waals surface area contributed by atoms with Crippen LogP contribution in [0.25, 0.3) is 0 Å². The minimum absolute atomic E-state index is 0.0675. The van der Waals surface area contributed by atoms with Gasteiger partial charge < -0.3 is 9.64 Å². The van der Waals surface area contributed by atoms with Crippen LogP contribution < -0.4 is 0 Å². The molecule has 1 amide bonds. The van der Waals surface area contributed by atoms with Gasteiger partial charge in [-0.1, -0.05) is 39.8 Å². The predicted octanol–water partition coefficient (Wildman–Crippen LogP) is 3.09. The van der Waals surface area contributed by atoms with Crippen molar-refractivity contribution in [1.82, 2.24) is 9.21 Å². The van der Waals surface area contributed by atoms with Crippen molar-refractivity contribution < 1.29 is 17.9 Å². The van der Waals surface area contributed by atoms with E-state index >= 15 is 0 Å². The molecule has 28 heavy (non-hydrogen) atoms. The molecule has 7 heteroatoms. The molecule has 1 aromatic carbocycles. The quantitative estimate of drug-likeness (QED) is 0.660. The number of rotatable bonds is 8. The van der Waals surface area contributed by atoms with Crippen LogP contribution in [-0.2, 0) is 19.6 Å². The average Bonchev–Trinajstić information content (AvgIpc) is 2.67. The molecule has 1 atom stereocenters. The van der Waals surface area contributed by atoms with Crippen LogP contribution in [-0.4, -0.2) is 62.4 Å². The molecule has 0 N–H and O–H groups in total. The van der Waals surface area contributed by atoms with Crippen LogP contribution in [0.3, 0.4) is 0 Å². The molecule has 158 valence electrons. The second-order valence-corrected chi connectivity index (χ2v) is 10.1. The minimum atomic E-state index is -3.53. The fraction of sp³-hybridized carbons (Fsp3) is 0.667. The van der Waals surface area contributed by atoms with E-state index in [2.05, 4.69) is 27.7 Å². The molecule has 0 saturated carbocycles. The van der Waals surface area contributed by atoms with Gasteiger partial charge >= 0.3 is 0 Å². The number of hydrogen-bond donors (Lipinski definition) is 0. The molecule has 1 fully saturated rings. The topological polar surface area (TPSA) is 66.9 Å². The van der Waals surface area contributed by atoms with Crippen molar-refractivity contribution in [2.24, 2.45) is 5.92 Å². The van der Waals surface area contributed by atoms with Crippen LogP contribution in [0.1, 0.15) is 52.5 Å². The van der Waals surface area contributed by atoms with E-state index in [1.54, 1.807) is 24.0 Å². The molecule has 1 aromatic rings. The van der Waals surface area contributed by atoms with Gasteiger partial charge in [0, 0.05) is 32.8 Å². The van der Waals surface area contributed by atoms with Crippen molar-refractivity contribution in [2.45, 2.75) is 58.0 Å². The molecule has 6 nitrogen and oxygen atoms in total. The summed E-state index contributed by atoms with van der Waals surface area (Å²) in [6.07, 6.45) is 0.421. The molecule has 1 saturated heterocycles. The van der Waals surface area contributed by atoms with Gasteiger partial charge in [-0.3, -0.25) is 4.79 Å². The first kappa shape index (κ1) is 22.8. The van der Waals surface area contributed by atoms with Gasteiger partial charge in [-0.05, 0) is 42.9 Å². The Morgan fingerprint density at radius 3 is 2.07 bits per heavy atom. The highest BCUT2D eigenvalue weighted by Crippen LogP contribution is 2.21. The Bertz CT molecular complexity index is 736. The van der Waals surface area contributed by atoms with E-state index in [9.17, 15) is 13.2 Å². The van der Waals surface area contributed by atoms with Gasteiger partial charge in [0.25, 0.3) is 5.91 Å². The highest BCUT2D eigenvalue weighted by atomic mass is 32.2. The molecule has 0 bridgehead atoms. The fourth-order valence-corrected chi connectivity index (χ4v) is 4.55. The molecule has 1 aliphatic rings. The van der Waals surface area contributed by atoms with E-state index in [1.165, 1.54) is 4.31 Å². The van der Waals surface area contributed by atoms with Crippen LogP contribution in [0.15, 0.2) is 29.2 Å². The lowest BCUT2D eigenvalue weighted by molar-refractivity contribution is -0.144. The largest absolute Gasteiger partial charge is 0.369 e. The number of hydrogen-bond acceptors (Lipinski definition) is 4. The third-order valence-corrected chi connectivity index (χ3v) is 7.06. The number of ether oxygens (including phenoxy) is 1. The van der Waals surface area contributed by atoms with Crippen molar-refractivity contribution in [2.75, 3.05) is 32.8 Å². The Morgan fingerprint density at radius 1 is 1.00 bits per heavy atom. The molecule has 0 aliphatic carbocycles. The first-order chi connectivity index (χ1) is 13.1. The summed E-state index contributed by atoms with van der Waals surface area (Å²) in [4.78, 5) is 14.5. The van der Waals surface area contributed by atoms with E-state index < -0.39 is 16.1 Å². The van der Waals surface area contributed by atoms with Gasteiger partial charge in [0.1, 0.15) is 6.10 Å². The van der Waals surface area contributed by atoms with Crippen molar-refractivity contribution in [3.05, 3.63) is 29.8 Å². The third-order valence-electron chi connectivity index (χ3n) is 5.15. The second-order valence-electron chi connectivity index (χ2n) is 8.15. The van der Waals surface area contributed by atoms with E-state index in [4.69, 9.17) is 4.74 Å². The summed E-state index contributed by atoms with van der Waals surface area (Å²) in [5.74, 6) is 0.823. The summed E-state index contributed by atoms with van der Waals surface area (Å²) >= 11 is 0. The Labute approximate surface area is 169 Å². The van der Waals surface area contributed by atoms with Gasteiger partial charge in [-0.2, -0.15) is 4.31 Å². The van der Waals surface area contributed by atoms with Gasteiger partial charge in [-0.25, -0.2) is 8.42 Å². The molecule has 0 radical (unpaired) electrons. The van der Waals surface area contributed by atoms with Crippen LogP contribution in [0.4, 0.5) is 0 Å². The molecule has 1 unspecified atom stereocenters. The lowest BCUT2D eigenvalue weighted by Crippen LogP contribution is -2.52. The molecular formula is C21H34N2O4S. The number of nitrogens with zero attached hydrogens (tertiary/aromatic N) is 2. The van der Waals surface area contributed by atoms with Crippen molar-refractivity contribution in [1.29, 1.82) is 0 Å². The molecule has 0 spiro atoms. The lowest BCUT2D eigenvalue weighted by Gasteiger charge is -2.35. The van der Waals surface area contributed by atoms with Crippen molar-refractivity contribution in [3.8, 4) is 0 Å². The number of piperazine rings is 1. The predicted molar refractivity (Wildman–Crippen MR) is 111 cm³/mol. The van der Waals surface area contributed by atoms with Crippen LogP contribution in [0, 0.1) is 5.92 Å². The number of carbonyl (C=O) groups is 1. The van der Waals surface area contributed by atoms with Crippen LogP contribution >= 0.6 is 0 Å². The summed E-state index contributed by atoms with van der Waals surface area (Å²) in [5, 5.41) is 0. The highest BCUT2D eigenvalue weighted by molar-refractivity contribution is 7.89. The standard InChI is InChI=1S/C21H34N2O4S/c1-16(2)10-15-27-18(5)21(24)22-11-13-23(14-12-22)28(25,26)20-8-6-19(7-9-20)17(3)4/h6-9,16-18H,10-15H2,1-5H3. The Kier molecular flexibility index (Phi) is 8.04. The molecule has 1 aliphatic heterocycles. The Morgan fingerprint density at radius 2 is 1.57 bits per heavy atom. The third kappa shape index (κ3) is 5.78. The van der Waals surface area contributed by atoms with Crippen LogP contribution in [0.2, 0.25) is 0 Å². The number of benzene rings is 1. The molecule has 1 heterocycles. The SMILES string of the molecule is CC(C)CCOC(C)C(=O)N1CCN(S(=O)(=O)c2ccc(C(C)C)cc2)CC1. The summed E-state index contributed by atoms with van der Waals surface area (Å²) < 4.78 is 32.9. The van der Waals surface area contributed by atoms with E-state index in [1.807, 2.05) is 12.1 Å². The summed E-state index contributed by atoms with van der Waals surface area (Å²) in [6.45, 7) is 12.1. The maximum absolute atomic E-state index is 12.9. The number of sulfonamides is 1. The van der Waals surface area contributed by atoms with Crippen molar-refractivity contribution in [3.63, 3.8) is 0 Å². The summed E-state index contributed by atoms with van der Waals surface area (Å²) in [7, 11) is -3.53. The maximum atomic E-state index is 12.9. The average molecular weight is 411 g/mol. The van der Waals surface area contributed by atoms with Gasteiger partial charge in [0.2, 0.25) is 10.0 Å². The fourth-order valence-electron chi connectivity index (χ4n) is 3.13. The first-order valence-corrected chi connectivity index (χ1v) is 11.6. The van der Waals surface area contributed by atoms with E-state index in [0.29, 0.717) is 49.5 Å². The summed E-state index contributed by atoms with van der Waals surface area (Å²) in [5.41, 5.74) is 1.11. The monoisotopic (exact) mass is 410 g/mol. The van der Waals surface area contributed by atoms with Gasteiger partial charge in [0.15, 0.2) is 0 Å². The zero-order chi connectivity index (χ0) is 20.9. The summed E-state index contributed by atoms with van der Waals surface area (Å²) in [6, 6.07) is 7.08. The molecule has 0 aromatic heterocycles. The number of carbonyl (C=O) groups excluding carboxylic acids is 1. The molecular weight excluding hydrogens is 376 g/mol. The van der Waals surface area contributed by atoms with E-state index in [0.717, 1.165) is 12.0 Å². The lowest BCUT2D eigenvalue weighted by atomic mass is 10.0. The smallest absolute Gasteiger partial charge is 0.251 e. The normalized spacial score (nSPS) is 17.3. The number of amides is 1. The Balaban J connectivity index is 1.92. The van der Waals surface area contributed by atoms with Gasteiger partial charge in [-0.15, -0.1) is 0 Å². The van der Waals surface area contributed by atoms with Crippen LogP contribution in [0.5, 0.6) is 0 Å². The minimum Gasteiger partial charge on any atom is -0.369 e. The molecule has 2 rings (SSSR count). The highest BCUT2D eigenvalue weighted by Gasteiger charge is 2.31. The zero-order valence-corrected chi connectivity index (χ0v) is 18.5. The Hall–Kier alpha value is -1.44. The van der Waals surface area contributed by atoms with Gasteiger partial charge in [0.05, 0.1) is 4.90 Å². The zero-order valence-electron chi connectivity index (χ0n) is 17.7.